The van der Waals surface area contributed by atoms with E-state index < -0.39 is 22.9 Å². The quantitative estimate of drug-likeness (QED) is 0.800. The van der Waals surface area contributed by atoms with Crippen molar-refractivity contribution in [3.8, 4) is 0 Å². The van der Waals surface area contributed by atoms with E-state index in [0.29, 0.717) is 16.5 Å². The summed E-state index contributed by atoms with van der Waals surface area (Å²) < 4.78 is 30.0. The van der Waals surface area contributed by atoms with E-state index in [1.54, 1.807) is 19.1 Å². The van der Waals surface area contributed by atoms with Crippen molar-refractivity contribution >= 4 is 21.8 Å². The maximum absolute atomic E-state index is 15.8. The highest BCUT2D eigenvalue weighted by Gasteiger charge is 2.58. The maximum atomic E-state index is 15.8. The molecule has 0 heterocycles. The van der Waals surface area contributed by atoms with Crippen molar-refractivity contribution in [3.05, 3.63) is 57.9 Å². The lowest BCUT2D eigenvalue weighted by atomic mass is 9.66. The first-order chi connectivity index (χ1) is 10.3. The first-order valence-electron chi connectivity index (χ1n) is 6.85. The third-order valence-corrected chi connectivity index (χ3v) is 4.52. The Bertz CT molecular complexity index is 654. The number of allylic oxidation sites excluding steroid dienone is 2. The molecule has 1 aliphatic carbocycles. The molecule has 0 fully saturated rings. The van der Waals surface area contributed by atoms with Gasteiger partial charge in [-0.15, -0.1) is 0 Å². The number of nitrogens with one attached hydrogen (secondary N) is 1. The summed E-state index contributed by atoms with van der Waals surface area (Å²) in [7, 11) is 1.41. The van der Waals surface area contributed by atoms with Crippen LogP contribution in [0.5, 0.6) is 0 Å². The number of benzene rings is 1. The number of amides is 1. The van der Waals surface area contributed by atoms with Gasteiger partial charge in [-0.3, -0.25) is 10.1 Å². The van der Waals surface area contributed by atoms with Crippen molar-refractivity contribution in [2.45, 2.75) is 24.6 Å². The predicted molar refractivity (Wildman–Crippen MR) is 85.4 cm³/mol. The Kier molecular flexibility index (Phi) is 4.54. The second kappa shape index (κ2) is 5.93. The fourth-order valence-corrected chi connectivity index (χ4v) is 3.45. The molecule has 0 bridgehead atoms. The minimum Gasteiger partial charge on any atom is -0.368 e. The van der Waals surface area contributed by atoms with Crippen LogP contribution in [0.1, 0.15) is 18.9 Å². The summed E-state index contributed by atoms with van der Waals surface area (Å²) in [6.45, 7) is 1.78. The predicted octanol–water partition coefficient (Wildman–Crippen LogP) is 3.10. The summed E-state index contributed by atoms with van der Waals surface area (Å²) in [4.78, 5) is 12.3. The molecule has 1 unspecified atom stereocenters. The number of carbonyl (C=O) groups is 1. The van der Waals surface area contributed by atoms with Crippen molar-refractivity contribution in [1.82, 2.24) is 5.32 Å². The number of primary amides is 1. The minimum absolute atomic E-state index is 0.152. The molecule has 1 amide bonds. The fraction of sp³-hybridized carbons (Fsp3) is 0.312. The van der Waals surface area contributed by atoms with Crippen LogP contribution in [0.25, 0.3) is 0 Å². The molecule has 3 N–H and O–H groups in total. The Balaban J connectivity index is 2.80. The van der Waals surface area contributed by atoms with Gasteiger partial charge in [0.05, 0.1) is 0 Å². The molecule has 6 heteroatoms. The molecule has 2 atom stereocenters. The van der Waals surface area contributed by atoms with Crippen molar-refractivity contribution in [3.63, 3.8) is 0 Å². The van der Waals surface area contributed by atoms with Gasteiger partial charge in [0.1, 0.15) is 11.2 Å². The zero-order chi connectivity index (χ0) is 16.5. The Morgan fingerprint density at radius 2 is 2.09 bits per heavy atom. The summed E-state index contributed by atoms with van der Waals surface area (Å²) in [6, 6.07) is 3.87. The SMILES string of the molecule is CCC1=CC=C[C@@](C(N)=O)(c2cc(F)cc(Br)c2)C1(F)NC. The lowest BCUT2D eigenvalue weighted by Crippen LogP contribution is -2.63. The average Bonchev–Trinajstić information content (AvgIpc) is 2.45. The first-order valence-corrected chi connectivity index (χ1v) is 7.64. The Labute approximate surface area is 136 Å². The number of carbonyl (C=O) groups excluding carboxylic acids is 1. The molecule has 0 aliphatic heterocycles. The molecule has 0 spiro atoms. The highest BCUT2D eigenvalue weighted by Crippen LogP contribution is 2.46. The van der Waals surface area contributed by atoms with E-state index in [2.05, 4.69) is 21.2 Å². The van der Waals surface area contributed by atoms with Crippen LogP contribution >= 0.6 is 15.9 Å². The zero-order valence-corrected chi connectivity index (χ0v) is 13.9. The smallest absolute Gasteiger partial charge is 0.237 e. The second-order valence-electron chi connectivity index (χ2n) is 5.14. The van der Waals surface area contributed by atoms with Crippen LogP contribution in [0.15, 0.2) is 46.5 Å². The summed E-state index contributed by atoms with van der Waals surface area (Å²) in [5, 5.41) is 2.57. The average molecular weight is 371 g/mol. The van der Waals surface area contributed by atoms with Gasteiger partial charge in [-0.05, 0) is 42.8 Å². The van der Waals surface area contributed by atoms with E-state index in [4.69, 9.17) is 5.73 Å². The van der Waals surface area contributed by atoms with Crippen molar-refractivity contribution in [1.29, 1.82) is 0 Å². The monoisotopic (exact) mass is 370 g/mol. The summed E-state index contributed by atoms with van der Waals surface area (Å²) in [5.74, 6) is -3.70. The molecule has 1 aromatic rings. The van der Waals surface area contributed by atoms with Gasteiger partial charge in [-0.1, -0.05) is 41.1 Å². The number of hydrogen-bond acceptors (Lipinski definition) is 2. The number of halogens is 3. The van der Waals surface area contributed by atoms with Crippen molar-refractivity contribution in [2.24, 2.45) is 5.73 Å². The van der Waals surface area contributed by atoms with Crippen LogP contribution in [0, 0.1) is 5.82 Å². The van der Waals surface area contributed by atoms with Gasteiger partial charge in [0.25, 0.3) is 0 Å². The van der Waals surface area contributed by atoms with Crippen molar-refractivity contribution in [2.75, 3.05) is 7.05 Å². The van der Waals surface area contributed by atoms with Gasteiger partial charge < -0.3 is 5.73 Å². The highest BCUT2D eigenvalue weighted by molar-refractivity contribution is 9.10. The Hall–Kier alpha value is -1.53. The van der Waals surface area contributed by atoms with E-state index in [1.165, 1.54) is 25.3 Å². The molecule has 1 aliphatic rings. The van der Waals surface area contributed by atoms with Gasteiger partial charge in [-0.2, -0.15) is 0 Å². The third kappa shape index (κ3) is 2.30. The summed E-state index contributed by atoms with van der Waals surface area (Å²) >= 11 is 3.17. The topological polar surface area (TPSA) is 55.1 Å². The number of hydrogen-bond donors (Lipinski definition) is 2. The van der Waals surface area contributed by atoms with Crippen molar-refractivity contribution < 1.29 is 13.6 Å². The van der Waals surface area contributed by atoms with E-state index in [9.17, 15) is 9.18 Å². The summed E-state index contributed by atoms with van der Waals surface area (Å²) in [6.07, 6.45) is 4.95. The van der Waals surface area contributed by atoms with Gasteiger partial charge >= 0.3 is 0 Å². The van der Waals surface area contributed by atoms with E-state index in [0.717, 1.165) is 6.07 Å². The lowest BCUT2D eigenvalue weighted by Gasteiger charge is -2.44. The summed E-state index contributed by atoms with van der Waals surface area (Å²) in [5.41, 5.74) is 4.26. The normalized spacial score (nSPS) is 27.6. The van der Waals surface area contributed by atoms with E-state index in [-0.39, 0.29) is 5.56 Å². The van der Waals surface area contributed by atoms with Crippen LogP contribution in [-0.2, 0) is 10.2 Å². The van der Waals surface area contributed by atoms with Gasteiger partial charge in [0, 0.05) is 4.47 Å². The van der Waals surface area contributed by atoms with E-state index >= 15 is 4.39 Å². The van der Waals surface area contributed by atoms with E-state index in [1.807, 2.05) is 0 Å². The first kappa shape index (κ1) is 16.8. The third-order valence-electron chi connectivity index (χ3n) is 4.06. The maximum Gasteiger partial charge on any atom is 0.237 e. The van der Waals surface area contributed by atoms with Crippen LogP contribution in [0.4, 0.5) is 8.78 Å². The molecule has 0 aromatic heterocycles. The molecule has 0 saturated heterocycles. The Morgan fingerprint density at radius 1 is 1.41 bits per heavy atom. The molecular formula is C16H17BrF2N2O. The molecular weight excluding hydrogens is 354 g/mol. The van der Waals surface area contributed by atoms with Gasteiger partial charge in [-0.25, -0.2) is 8.78 Å². The second-order valence-corrected chi connectivity index (χ2v) is 6.06. The number of alkyl halides is 1. The van der Waals surface area contributed by atoms with Crippen LogP contribution in [-0.4, -0.2) is 18.7 Å². The molecule has 2 rings (SSSR count). The standard InChI is InChI=1S/C16H17BrF2N2O/c1-3-10-5-4-6-15(14(20)22,16(10,19)21-2)11-7-12(17)9-13(18)8-11/h4-9,21H,3H2,1-2H3,(H2,20,22)/t15-,16?/m0/s1. The Morgan fingerprint density at radius 3 is 2.59 bits per heavy atom. The minimum atomic E-state index is -2.23. The largest absolute Gasteiger partial charge is 0.368 e. The zero-order valence-electron chi connectivity index (χ0n) is 12.3. The van der Waals surface area contributed by atoms with Gasteiger partial charge in [0.15, 0.2) is 0 Å². The van der Waals surface area contributed by atoms with Crippen LogP contribution in [0.2, 0.25) is 0 Å². The van der Waals surface area contributed by atoms with Crippen LogP contribution < -0.4 is 11.1 Å². The fourth-order valence-electron chi connectivity index (χ4n) is 2.98. The number of nitrogens with two attached hydrogens (primary N) is 1. The molecule has 0 radical (unpaired) electrons. The highest BCUT2D eigenvalue weighted by atomic mass is 79.9. The molecule has 118 valence electrons. The number of rotatable bonds is 4. The molecule has 0 saturated carbocycles. The molecule has 3 nitrogen and oxygen atoms in total. The molecule has 22 heavy (non-hydrogen) atoms. The molecule has 1 aromatic carbocycles. The van der Waals surface area contributed by atoms with Crippen LogP contribution in [0.3, 0.4) is 0 Å². The lowest BCUT2D eigenvalue weighted by molar-refractivity contribution is -0.127. The van der Waals surface area contributed by atoms with Gasteiger partial charge in [0.2, 0.25) is 11.7 Å². The number of likely N-dealkylation sites (N-methyl/N-ethyl adjacent to an activating group) is 1.